The van der Waals surface area contributed by atoms with Gasteiger partial charge in [0, 0.05) is 25.8 Å². The third-order valence-corrected chi connectivity index (χ3v) is 2.69. The van der Waals surface area contributed by atoms with E-state index in [1.165, 1.54) is 0 Å². The number of anilines is 1. The van der Waals surface area contributed by atoms with Crippen LogP contribution in [-0.2, 0) is 6.54 Å². The molecule has 0 aliphatic carbocycles. The van der Waals surface area contributed by atoms with Gasteiger partial charge in [0.15, 0.2) is 0 Å². The van der Waals surface area contributed by atoms with Gasteiger partial charge in [-0.25, -0.2) is 4.98 Å². The average molecular weight is 250 g/mol. The Balaban J connectivity index is 2.64. The molecule has 4 nitrogen and oxygen atoms in total. The molecule has 0 fully saturated rings. The molecule has 0 atom stereocenters. The lowest BCUT2D eigenvalue weighted by Crippen LogP contribution is -2.34. The van der Waals surface area contributed by atoms with Crippen LogP contribution in [0, 0.1) is 12.3 Å². The quantitative estimate of drug-likeness (QED) is 0.754. The van der Waals surface area contributed by atoms with E-state index in [1.54, 1.807) is 0 Å². The van der Waals surface area contributed by atoms with Crippen molar-refractivity contribution < 1.29 is 0 Å². The third-order valence-electron chi connectivity index (χ3n) is 2.69. The van der Waals surface area contributed by atoms with Gasteiger partial charge in [0.05, 0.1) is 5.69 Å². The molecule has 0 unspecified atom stereocenters. The highest BCUT2D eigenvalue weighted by molar-refractivity contribution is 5.29. The number of rotatable bonds is 7. The molecule has 0 aliphatic rings. The Morgan fingerprint density at radius 1 is 1.50 bits per heavy atom. The Morgan fingerprint density at radius 3 is 2.72 bits per heavy atom. The molecule has 4 heteroatoms. The SMILES string of the molecule is C=CCn1cc(C)nc1NCC(C)(C)CN(C)C. The van der Waals surface area contributed by atoms with Gasteiger partial charge < -0.3 is 14.8 Å². The van der Waals surface area contributed by atoms with Crippen LogP contribution < -0.4 is 5.32 Å². The number of hydrogen-bond acceptors (Lipinski definition) is 3. The minimum atomic E-state index is 0.211. The first-order valence-electron chi connectivity index (χ1n) is 6.37. The molecule has 0 aliphatic heterocycles. The van der Waals surface area contributed by atoms with Crippen molar-refractivity contribution in [3.8, 4) is 0 Å². The van der Waals surface area contributed by atoms with Crippen LogP contribution in [0.2, 0.25) is 0 Å². The number of nitrogens with one attached hydrogen (secondary N) is 1. The molecule has 0 spiro atoms. The maximum atomic E-state index is 4.50. The fourth-order valence-corrected chi connectivity index (χ4v) is 2.20. The lowest BCUT2D eigenvalue weighted by Gasteiger charge is -2.28. The molecule has 1 aromatic rings. The summed E-state index contributed by atoms with van der Waals surface area (Å²) in [4.78, 5) is 6.71. The molecule has 102 valence electrons. The first-order chi connectivity index (χ1) is 8.34. The van der Waals surface area contributed by atoms with Crippen LogP contribution in [0.3, 0.4) is 0 Å². The molecule has 1 rings (SSSR count). The van der Waals surface area contributed by atoms with Crippen molar-refractivity contribution in [2.45, 2.75) is 27.3 Å². The Hall–Kier alpha value is -1.29. The van der Waals surface area contributed by atoms with Gasteiger partial charge in [-0.1, -0.05) is 19.9 Å². The van der Waals surface area contributed by atoms with Crippen LogP contribution in [0.15, 0.2) is 18.9 Å². The van der Waals surface area contributed by atoms with Crippen LogP contribution in [0.1, 0.15) is 19.5 Å². The molecule has 0 bridgehead atoms. The summed E-state index contributed by atoms with van der Waals surface area (Å²) in [6.07, 6.45) is 3.93. The average Bonchev–Trinajstić information content (AvgIpc) is 2.55. The summed E-state index contributed by atoms with van der Waals surface area (Å²) in [7, 11) is 4.20. The van der Waals surface area contributed by atoms with Crippen molar-refractivity contribution in [2.24, 2.45) is 5.41 Å². The van der Waals surface area contributed by atoms with E-state index in [0.29, 0.717) is 0 Å². The monoisotopic (exact) mass is 250 g/mol. The number of aromatic nitrogens is 2. The Labute approximate surface area is 111 Å². The standard InChI is InChI=1S/C14H26N4/c1-7-8-18-9-12(2)16-13(18)15-10-14(3,4)11-17(5)6/h7,9H,1,8,10-11H2,2-6H3,(H,15,16). The van der Waals surface area contributed by atoms with Crippen molar-refractivity contribution >= 4 is 5.95 Å². The summed E-state index contributed by atoms with van der Waals surface area (Å²) in [5.41, 5.74) is 1.24. The minimum absolute atomic E-state index is 0.211. The lowest BCUT2D eigenvalue weighted by atomic mass is 9.93. The second-order valence-electron chi connectivity index (χ2n) is 5.90. The second-order valence-corrected chi connectivity index (χ2v) is 5.90. The van der Waals surface area contributed by atoms with Gasteiger partial charge in [-0.2, -0.15) is 0 Å². The van der Waals surface area contributed by atoms with Crippen LogP contribution in [0.5, 0.6) is 0 Å². The summed E-state index contributed by atoms with van der Waals surface area (Å²) < 4.78 is 2.09. The third kappa shape index (κ3) is 4.53. The van der Waals surface area contributed by atoms with Crippen molar-refractivity contribution in [1.29, 1.82) is 0 Å². The summed E-state index contributed by atoms with van der Waals surface area (Å²) in [5, 5.41) is 3.44. The Morgan fingerprint density at radius 2 is 2.17 bits per heavy atom. The second kappa shape index (κ2) is 6.05. The van der Waals surface area contributed by atoms with Gasteiger partial charge in [-0.05, 0) is 26.4 Å². The van der Waals surface area contributed by atoms with E-state index in [4.69, 9.17) is 0 Å². The number of imidazole rings is 1. The highest BCUT2D eigenvalue weighted by Gasteiger charge is 2.19. The van der Waals surface area contributed by atoms with Gasteiger partial charge in [0.25, 0.3) is 0 Å². The zero-order valence-corrected chi connectivity index (χ0v) is 12.3. The Bertz CT molecular complexity index is 390. The number of hydrogen-bond donors (Lipinski definition) is 1. The largest absolute Gasteiger partial charge is 0.355 e. The molecular formula is C14H26N4. The van der Waals surface area contributed by atoms with E-state index >= 15 is 0 Å². The molecule has 1 heterocycles. The van der Waals surface area contributed by atoms with E-state index in [1.807, 2.05) is 19.2 Å². The summed E-state index contributed by atoms with van der Waals surface area (Å²) in [5.74, 6) is 0.930. The molecule has 1 aromatic heterocycles. The van der Waals surface area contributed by atoms with Gasteiger partial charge in [0.2, 0.25) is 5.95 Å². The van der Waals surface area contributed by atoms with Crippen molar-refractivity contribution in [2.75, 3.05) is 32.5 Å². The molecular weight excluding hydrogens is 224 g/mol. The van der Waals surface area contributed by atoms with Gasteiger partial charge in [-0.15, -0.1) is 6.58 Å². The summed E-state index contributed by atoms with van der Waals surface area (Å²) in [6.45, 7) is 13.0. The summed E-state index contributed by atoms with van der Waals surface area (Å²) >= 11 is 0. The van der Waals surface area contributed by atoms with Gasteiger partial charge >= 0.3 is 0 Å². The zero-order valence-electron chi connectivity index (χ0n) is 12.3. The van der Waals surface area contributed by atoms with E-state index < -0.39 is 0 Å². The van der Waals surface area contributed by atoms with E-state index in [9.17, 15) is 0 Å². The van der Waals surface area contributed by atoms with Crippen LogP contribution in [-0.4, -0.2) is 41.6 Å². The van der Waals surface area contributed by atoms with Crippen LogP contribution in [0.4, 0.5) is 5.95 Å². The summed E-state index contributed by atoms with van der Waals surface area (Å²) in [6, 6.07) is 0. The predicted octanol–water partition coefficient (Wildman–Crippen LogP) is 2.38. The first-order valence-corrected chi connectivity index (χ1v) is 6.37. The normalized spacial score (nSPS) is 11.9. The maximum absolute atomic E-state index is 4.50. The zero-order chi connectivity index (χ0) is 13.8. The molecule has 0 aromatic carbocycles. The highest BCUT2D eigenvalue weighted by Crippen LogP contribution is 2.17. The number of allylic oxidation sites excluding steroid dienone is 1. The van der Waals surface area contributed by atoms with Crippen LogP contribution in [0.25, 0.3) is 0 Å². The molecule has 0 amide bonds. The smallest absolute Gasteiger partial charge is 0.203 e. The molecule has 1 N–H and O–H groups in total. The van der Waals surface area contributed by atoms with E-state index in [0.717, 1.165) is 31.3 Å². The van der Waals surface area contributed by atoms with Crippen molar-refractivity contribution in [1.82, 2.24) is 14.5 Å². The highest BCUT2D eigenvalue weighted by atomic mass is 15.2. The van der Waals surface area contributed by atoms with Crippen LogP contribution >= 0.6 is 0 Å². The minimum Gasteiger partial charge on any atom is -0.355 e. The number of nitrogens with zero attached hydrogens (tertiary/aromatic N) is 3. The predicted molar refractivity (Wildman–Crippen MR) is 78.0 cm³/mol. The lowest BCUT2D eigenvalue weighted by molar-refractivity contribution is 0.253. The molecule has 0 saturated heterocycles. The molecule has 18 heavy (non-hydrogen) atoms. The molecule has 0 radical (unpaired) electrons. The van der Waals surface area contributed by atoms with Gasteiger partial charge in [-0.3, -0.25) is 0 Å². The number of aryl methyl sites for hydroxylation is 1. The van der Waals surface area contributed by atoms with Crippen molar-refractivity contribution in [3.05, 3.63) is 24.5 Å². The van der Waals surface area contributed by atoms with E-state index in [2.05, 4.69) is 54.3 Å². The van der Waals surface area contributed by atoms with Crippen molar-refractivity contribution in [3.63, 3.8) is 0 Å². The van der Waals surface area contributed by atoms with Gasteiger partial charge in [0.1, 0.15) is 0 Å². The Kier molecular flexibility index (Phi) is 4.96. The maximum Gasteiger partial charge on any atom is 0.203 e. The molecule has 0 saturated carbocycles. The first kappa shape index (κ1) is 14.8. The topological polar surface area (TPSA) is 33.1 Å². The fourth-order valence-electron chi connectivity index (χ4n) is 2.20. The van der Waals surface area contributed by atoms with E-state index in [-0.39, 0.29) is 5.41 Å². The fraction of sp³-hybridized carbons (Fsp3) is 0.643.